The van der Waals surface area contributed by atoms with Crippen molar-refractivity contribution in [3.8, 4) is 0 Å². The maximum absolute atomic E-state index is 11.0. The topological polar surface area (TPSA) is 90.1 Å². The highest BCUT2D eigenvalue weighted by atomic mass is 16.5. The molecule has 104 valence electrons. The summed E-state index contributed by atoms with van der Waals surface area (Å²) < 4.78 is 4.48. The first-order valence-corrected chi connectivity index (χ1v) is 6.18. The Labute approximate surface area is 116 Å². The van der Waals surface area contributed by atoms with Crippen LogP contribution in [0.2, 0.25) is 0 Å². The number of nitrogens with zero attached hydrogens (tertiary/aromatic N) is 2. The number of hydrogen-bond donors (Lipinski definition) is 2. The molecule has 0 amide bonds. The molecular formula is C14H16N4O2. The number of carbonyl (C=O) groups excluding carboxylic acids is 1. The number of pyridine rings is 2. The van der Waals surface area contributed by atoms with E-state index in [4.69, 9.17) is 5.73 Å². The zero-order valence-electron chi connectivity index (χ0n) is 11.2. The van der Waals surface area contributed by atoms with Gasteiger partial charge in [0.1, 0.15) is 5.70 Å². The predicted octanol–water partition coefficient (Wildman–Crippen LogP) is 0.735. The first-order chi connectivity index (χ1) is 9.70. The molecule has 3 N–H and O–H groups in total. The van der Waals surface area contributed by atoms with Crippen molar-refractivity contribution in [3.63, 3.8) is 0 Å². The van der Waals surface area contributed by atoms with Crippen molar-refractivity contribution >= 4 is 17.0 Å². The minimum Gasteiger partial charge on any atom is -0.464 e. The zero-order valence-corrected chi connectivity index (χ0v) is 11.2. The molecule has 0 saturated heterocycles. The van der Waals surface area contributed by atoms with Crippen molar-refractivity contribution in [3.05, 3.63) is 48.1 Å². The van der Waals surface area contributed by atoms with E-state index in [1.807, 2.05) is 24.3 Å². The van der Waals surface area contributed by atoms with Crippen LogP contribution in [0.15, 0.2) is 42.4 Å². The monoisotopic (exact) mass is 272 g/mol. The molecule has 6 nitrogen and oxygen atoms in total. The molecule has 0 aliphatic rings. The largest absolute Gasteiger partial charge is 0.464 e. The summed E-state index contributed by atoms with van der Waals surface area (Å²) in [7, 11) is 1.29. The van der Waals surface area contributed by atoms with Gasteiger partial charge in [-0.15, -0.1) is 0 Å². The van der Waals surface area contributed by atoms with E-state index in [-0.39, 0.29) is 5.70 Å². The summed E-state index contributed by atoms with van der Waals surface area (Å²) in [6.07, 6.45) is 3.86. The van der Waals surface area contributed by atoms with Crippen LogP contribution in [0.1, 0.15) is 5.69 Å². The molecule has 0 fully saturated rings. The Morgan fingerprint density at radius 3 is 3.10 bits per heavy atom. The van der Waals surface area contributed by atoms with Crippen molar-refractivity contribution < 1.29 is 9.53 Å². The fourth-order valence-electron chi connectivity index (χ4n) is 1.69. The highest BCUT2D eigenvalue weighted by Gasteiger charge is 2.03. The van der Waals surface area contributed by atoms with Crippen LogP contribution in [0.5, 0.6) is 0 Å². The Morgan fingerprint density at radius 2 is 2.30 bits per heavy atom. The molecule has 0 atom stereocenters. The van der Waals surface area contributed by atoms with E-state index in [0.717, 1.165) is 16.7 Å². The highest BCUT2D eigenvalue weighted by Crippen LogP contribution is 2.09. The summed E-state index contributed by atoms with van der Waals surface area (Å²) in [5.41, 5.74) is 7.18. The van der Waals surface area contributed by atoms with Gasteiger partial charge in [-0.05, 0) is 24.3 Å². The number of nitrogens with two attached hydrogens (primary N) is 1. The third-order valence-electron chi connectivity index (χ3n) is 2.73. The number of aromatic nitrogens is 2. The van der Waals surface area contributed by atoms with Crippen molar-refractivity contribution in [2.45, 2.75) is 6.42 Å². The number of esters is 1. The van der Waals surface area contributed by atoms with Crippen LogP contribution in [0.4, 0.5) is 0 Å². The lowest BCUT2D eigenvalue weighted by molar-refractivity contribution is -0.136. The lowest BCUT2D eigenvalue weighted by Crippen LogP contribution is -2.19. The van der Waals surface area contributed by atoms with Crippen molar-refractivity contribution in [1.29, 1.82) is 0 Å². The average molecular weight is 272 g/mol. The van der Waals surface area contributed by atoms with E-state index in [9.17, 15) is 4.79 Å². The third kappa shape index (κ3) is 3.44. The number of carbonyl (C=O) groups is 1. The zero-order chi connectivity index (χ0) is 14.4. The lowest BCUT2D eigenvalue weighted by Gasteiger charge is -2.04. The molecule has 20 heavy (non-hydrogen) atoms. The first-order valence-electron chi connectivity index (χ1n) is 6.18. The molecule has 6 heteroatoms. The second-order valence-corrected chi connectivity index (χ2v) is 4.15. The summed E-state index contributed by atoms with van der Waals surface area (Å²) in [6, 6.07) is 7.80. The van der Waals surface area contributed by atoms with E-state index in [0.29, 0.717) is 13.0 Å². The third-order valence-corrected chi connectivity index (χ3v) is 2.73. The Kier molecular flexibility index (Phi) is 4.49. The van der Waals surface area contributed by atoms with Gasteiger partial charge in [-0.2, -0.15) is 0 Å². The van der Waals surface area contributed by atoms with Crippen LogP contribution in [0, 0.1) is 0 Å². The number of methoxy groups -OCH3 is 1. The quantitative estimate of drug-likeness (QED) is 0.474. The minimum absolute atomic E-state index is 0.0423. The van der Waals surface area contributed by atoms with E-state index < -0.39 is 5.97 Å². The number of ether oxygens (including phenoxy) is 1. The molecule has 2 heterocycles. The van der Waals surface area contributed by atoms with E-state index in [1.54, 1.807) is 6.20 Å². The van der Waals surface area contributed by atoms with Gasteiger partial charge in [-0.3, -0.25) is 0 Å². The van der Waals surface area contributed by atoms with Gasteiger partial charge in [0, 0.05) is 36.4 Å². The maximum atomic E-state index is 11.0. The Hall–Kier alpha value is -2.63. The number of nitrogens with one attached hydrogen (secondary N) is 1. The molecule has 0 spiro atoms. The smallest absolute Gasteiger partial charge is 0.355 e. The minimum atomic E-state index is -0.550. The van der Waals surface area contributed by atoms with Crippen LogP contribution in [0.3, 0.4) is 0 Å². The number of fused-ring (bicyclic) bond motifs is 1. The summed E-state index contributed by atoms with van der Waals surface area (Å²) in [5, 5.41) is 3.96. The summed E-state index contributed by atoms with van der Waals surface area (Å²) >= 11 is 0. The van der Waals surface area contributed by atoms with Crippen LogP contribution >= 0.6 is 0 Å². The molecule has 0 aliphatic heterocycles. The van der Waals surface area contributed by atoms with Crippen LogP contribution in [-0.4, -0.2) is 29.6 Å². The van der Waals surface area contributed by atoms with Gasteiger partial charge in [0.05, 0.1) is 7.11 Å². The number of hydrogen-bond acceptors (Lipinski definition) is 6. The molecule has 0 unspecified atom stereocenters. The normalized spacial score (nSPS) is 11.3. The van der Waals surface area contributed by atoms with Gasteiger partial charge in [0.2, 0.25) is 0 Å². The van der Waals surface area contributed by atoms with Gasteiger partial charge in [-0.1, -0.05) is 0 Å². The Bertz CT molecular complexity index is 640. The molecule has 0 saturated carbocycles. The molecule has 2 rings (SSSR count). The highest BCUT2D eigenvalue weighted by molar-refractivity contribution is 5.87. The van der Waals surface area contributed by atoms with Gasteiger partial charge >= 0.3 is 5.97 Å². The van der Waals surface area contributed by atoms with E-state index in [2.05, 4.69) is 20.0 Å². The maximum Gasteiger partial charge on any atom is 0.355 e. The molecule has 0 aliphatic carbocycles. The molecule has 0 aromatic carbocycles. The van der Waals surface area contributed by atoms with Gasteiger partial charge in [-0.25, -0.2) is 14.8 Å². The van der Waals surface area contributed by atoms with E-state index >= 15 is 0 Å². The van der Waals surface area contributed by atoms with E-state index in [1.165, 1.54) is 13.3 Å². The van der Waals surface area contributed by atoms with Gasteiger partial charge in [0.15, 0.2) is 5.65 Å². The standard InChI is InChI=1S/C14H16N4O2/c1-20-14(19)12(15)9-16-8-6-11-5-4-10-3-2-7-17-13(10)18-11/h2-5,7,9,16H,6,8,15H2,1H3/b12-9-. The molecule has 2 aromatic heterocycles. The van der Waals surface area contributed by atoms with Crippen LogP contribution in [0.25, 0.3) is 11.0 Å². The second kappa shape index (κ2) is 6.51. The number of rotatable bonds is 5. The second-order valence-electron chi connectivity index (χ2n) is 4.15. The molecule has 2 aromatic rings. The summed E-state index contributed by atoms with van der Waals surface area (Å²) in [5.74, 6) is -0.550. The van der Waals surface area contributed by atoms with Gasteiger partial charge in [0.25, 0.3) is 0 Å². The van der Waals surface area contributed by atoms with Crippen LogP contribution in [-0.2, 0) is 16.0 Å². The average Bonchev–Trinajstić information content (AvgIpc) is 2.50. The van der Waals surface area contributed by atoms with Gasteiger partial charge < -0.3 is 15.8 Å². The fraction of sp³-hybridized carbons (Fsp3) is 0.214. The van der Waals surface area contributed by atoms with Crippen molar-refractivity contribution in [1.82, 2.24) is 15.3 Å². The molecular weight excluding hydrogens is 256 g/mol. The Balaban J connectivity index is 1.91. The summed E-state index contributed by atoms with van der Waals surface area (Å²) in [6.45, 7) is 0.614. The van der Waals surface area contributed by atoms with Crippen LogP contribution < -0.4 is 11.1 Å². The molecule has 0 radical (unpaired) electrons. The Morgan fingerprint density at radius 1 is 1.45 bits per heavy atom. The van der Waals surface area contributed by atoms with Crippen molar-refractivity contribution in [2.24, 2.45) is 5.73 Å². The summed E-state index contributed by atoms with van der Waals surface area (Å²) in [4.78, 5) is 19.7. The van der Waals surface area contributed by atoms with Crippen molar-refractivity contribution in [2.75, 3.05) is 13.7 Å². The lowest BCUT2D eigenvalue weighted by atomic mass is 10.2. The first kappa shape index (κ1) is 13.8. The predicted molar refractivity (Wildman–Crippen MR) is 75.5 cm³/mol. The molecule has 0 bridgehead atoms. The fourth-order valence-corrected chi connectivity index (χ4v) is 1.69. The SMILES string of the molecule is COC(=O)/C(N)=C/NCCc1ccc2cccnc2n1.